The minimum Gasteiger partial charge on any atom is -0.268 e. The van der Waals surface area contributed by atoms with Crippen LogP contribution in [0.3, 0.4) is 0 Å². The number of halogens is 2. The molecular formula is C14H11BrClNO2S. The van der Waals surface area contributed by atoms with Crippen molar-refractivity contribution in [2.45, 2.75) is 0 Å². The van der Waals surface area contributed by atoms with Crippen LogP contribution in [0.1, 0.15) is 5.56 Å². The van der Waals surface area contributed by atoms with Gasteiger partial charge in [0.15, 0.2) is 0 Å². The number of rotatable bonds is 4. The highest BCUT2D eigenvalue weighted by Crippen LogP contribution is 2.32. The lowest BCUT2D eigenvalue weighted by Gasteiger charge is -2.08. The first kappa shape index (κ1) is 15.4. The highest BCUT2D eigenvalue weighted by Gasteiger charge is 2.33. The minimum atomic E-state index is -0.255. The molecule has 1 heterocycles. The number of thioether (sulfide) groups is 1. The smallest absolute Gasteiger partial charge is 0.268 e. The minimum absolute atomic E-state index is 0.241. The number of alkyl halides is 1. The summed E-state index contributed by atoms with van der Waals surface area (Å²) in [5.41, 5.74) is 0.843. The van der Waals surface area contributed by atoms with Gasteiger partial charge in [0.25, 0.3) is 11.1 Å². The zero-order chi connectivity index (χ0) is 14.5. The molecule has 0 bridgehead atoms. The molecule has 104 valence electrons. The number of carbonyl (C=O) groups excluding carboxylic acids is 2. The molecule has 2 rings (SSSR count). The first-order valence-corrected chi connectivity index (χ1v) is 8.15. The fourth-order valence-electron chi connectivity index (χ4n) is 1.61. The standard InChI is InChI=1S/C14H11BrClNO2S/c15-7-1-2-8-17-13(18)12(20-14(17)19)9-10-3-5-11(16)6-4-10/h1-6,9H,7-8H2. The van der Waals surface area contributed by atoms with Crippen LogP contribution in [-0.2, 0) is 4.79 Å². The van der Waals surface area contributed by atoms with E-state index in [0.717, 1.165) is 17.3 Å². The van der Waals surface area contributed by atoms with E-state index < -0.39 is 0 Å². The van der Waals surface area contributed by atoms with Gasteiger partial charge in [0.2, 0.25) is 0 Å². The second kappa shape index (κ2) is 7.11. The highest BCUT2D eigenvalue weighted by molar-refractivity contribution is 9.09. The van der Waals surface area contributed by atoms with E-state index in [0.29, 0.717) is 21.8 Å². The maximum Gasteiger partial charge on any atom is 0.293 e. The number of carbonyl (C=O) groups is 2. The van der Waals surface area contributed by atoms with Gasteiger partial charge in [-0.15, -0.1) is 0 Å². The zero-order valence-corrected chi connectivity index (χ0v) is 13.5. The molecule has 1 aromatic carbocycles. The first-order chi connectivity index (χ1) is 9.61. The van der Waals surface area contributed by atoms with E-state index in [9.17, 15) is 9.59 Å². The SMILES string of the molecule is O=C1SC(=Cc2ccc(Cl)cc2)C(=O)N1CC=CCBr. The Morgan fingerprint density at radius 1 is 1.20 bits per heavy atom. The van der Waals surface area contributed by atoms with Crippen LogP contribution >= 0.6 is 39.3 Å². The van der Waals surface area contributed by atoms with E-state index in [1.807, 2.05) is 6.08 Å². The maximum atomic E-state index is 12.1. The summed E-state index contributed by atoms with van der Waals surface area (Å²) in [6.45, 7) is 0.300. The van der Waals surface area contributed by atoms with Crippen LogP contribution in [0, 0.1) is 0 Å². The third kappa shape index (κ3) is 3.75. The van der Waals surface area contributed by atoms with Crippen LogP contribution < -0.4 is 0 Å². The molecule has 3 nitrogen and oxygen atoms in total. The van der Waals surface area contributed by atoms with Crippen molar-refractivity contribution in [3.63, 3.8) is 0 Å². The summed E-state index contributed by atoms with van der Waals surface area (Å²) < 4.78 is 0. The fraction of sp³-hybridized carbons (Fsp3) is 0.143. The predicted octanol–water partition coefficient (Wildman–Crippen LogP) is 4.33. The number of hydrogen-bond acceptors (Lipinski definition) is 3. The lowest BCUT2D eigenvalue weighted by atomic mass is 10.2. The van der Waals surface area contributed by atoms with Gasteiger partial charge in [-0.05, 0) is 35.5 Å². The molecule has 2 amide bonds. The van der Waals surface area contributed by atoms with Crippen LogP contribution in [0.15, 0.2) is 41.3 Å². The molecule has 0 atom stereocenters. The highest BCUT2D eigenvalue weighted by atomic mass is 79.9. The molecule has 0 spiro atoms. The Labute approximate surface area is 134 Å². The number of allylic oxidation sites excluding steroid dienone is 1. The van der Waals surface area contributed by atoms with Gasteiger partial charge in [0.1, 0.15) is 0 Å². The third-order valence-corrected chi connectivity index (χ3v) is 4.12. The van der Waals surface area contributed by atoms with E-state index in [1.54, 1.807) is 36.4 Å². The Bertz CT molecular complexity index is 583. The van der Waals surface area contributed by atoms with E-state index >= 15 is 0 Å². The molecule has 0 aromatic heterocycles. The van der Waals surface area contributed by atoms with Crippen molar-refractivity contribution in [3.8, 4) is 0 Å². The Kier molecular flexibility index (Phi) is 5.46. The van der Waals surface area contributed by atoms with Gasteiger partial charge in [0, 0.05) is 16.9 Å². The van der Waals surface area contributed by atoms with Crippen molar-refractivity contribution in [2.75, 3.05) is 11.9 Å². The van der Waals surface area contributed by atoms with Crippen molar-refractivity contribution >= 4 is 56.5 Å². The maximum absolute atomic E-state index is 12.1. The predicted molar refractivity (Wildman–Crippen MR) is 87.1 cm³/mol. The molecule has 0 unspecified atom stereocenters. The van der Waals surface area contributed by atoms with Crippen molar-refractivity contribution < 1.29 is 9.59 Å². The van der Waals surface area contributed by atoms with E-state index in [4.69, 9.17) is 11.6 Å². The van der Waals surface area contributed by atoms with Crippen molar-refractivity contribution in [1.29, 1.82) is 0 Å². The number of amides is 2. The fourth-order valence-corrected chi connectivity index (χ4v) is 2.85. The molecule has 1 saturated heterocycles. The van der Waals surface area contributed by atoms with E-state index in [2.05, 4.69) is 15.9 Å². The van der Waals surface area contributed by atoms with Crippen LogP contribution in [0.4, 0.5) is 4.79 Å². The summed E-state index contributed by atoms with van der Waals surface area (Å²) in [4.78, 5) is 25.6. The number of imide groups is 1. The topological polar surface area (TPSA) is 37.4 Å². The number of nitrogens with zero attached hydrogens (tertiary/aromatic N) is 1. The summed E-state index contributed by atoms with van der Waals surface area (Å²) in [7, 11) is 0. The summed E-state index contributed by atoms with van der Waals surface area (Å²) in [6.07, 6.45) is 5.35. The van der Waals surface area contributed by atoms with Crippen molar-refractivity contribution in [1.82, 2.24) is 4.90 Å². The van der Waals surface area contributed by atoms with Crippen LogP contribution in [0.2, 0.25) is 5.02 Å². The van der Waals surface area contributed by atoms with Gasteiger partial charge in [-0.25, -0.2) is 0 Å². The van der Waals surface area contributed by atoms with Crippen LogP contribution in [0.5, 0.6) is 0 Å². The lowest BCUT2D eigenvalue weighted by Crippen LogP contribution is -2.28. The van der Waals surface area contributed by atoms with Gasteiger partial charge in [-0.2, -0.15) is 0 Å². The average Bonchev–Trinajstić information content (AvgIpc) is 2.69. The molecule has 20 heavy (non-hydrogen) atoms. The monoisotopic (exact) mass is 371 g/mol. The van der Waals surface area contributed by atoms with Gasteiger partial charge < -0.3 is 0 Å². The first-order valence-electron chi connectivity index (χ1n) is 5.83. The summed E-state index contributed by atoms with van der Waals surface area (Å²) in [5, 5.41) is 1.09. The molecule has 1 aliphatic rings. The van der Waals surface area contributed by atoms with Gasteiger partial charge in [-0.3, -0.25) is 14.5 Å². The Morgan fingerprint density at radius 3 is 2.55 bits per heavy atom. The zero-order valence-electron chi connectivity index (χ0n) is 10.4. The Balaban J connectivity index is 2.14. The lowest BCUT2D eigenvalue weighted by molar-refractivity contribution is -0.122. The summed E-state index contributed by atoms with van der Waals surface area (Å²) >= 11 is 10.0. The second-order valence-electron chi connectivity index (χ2n) is 3.97. The Hall–Kier alpha value is -1.04. The molecule has 1 aromatic rings. The van der Waals surface area contributed by atoms with Crippen molar-refractivity contribution in [2.24, 2.45) is 0 Å². The molecule has 0 aliphatic carbocycles. The normalized spacial score (nSPS) is 17.7. The van der Waals surface area contributed by atoms with Gasteiger partial charge in [0.05, 0.1) is 4.91 Å². The molecule has 0 radical (unpaired) electrons. The van der Waals surface area contributed by atoms with E-state index in [1.165, 1.54) is 4.90 Å². The quantitative estimate of drug-likeness (QED) is 0.448. The van der Waals surface area contributed by atoms with Gasteiger partial charge >= 0.3 is 0 Å². The average molecular weight is 373 g/mol. The summed E-state index contributed by atoms with van der Waals surface area (Å²) in [5.74, 6) is -0.255. The number of benzene rings is 1. The van der Waals surface area contributed by atoms with Crippen molar-refractivity contribution in [3.05, 3.63) is 51.9 Å². The van der Waals surface area contributed by atoms with Crippen LogP contribution in [-0.4, -0.2) is 27.9 Å². The molecule has 1 aliphatic heterocycles. The molecule has 0 N–H and O–H groups in total. The second-order valence-corrected chi connectivity index (χ2v) is 6.05. The number of hydrogen-bond donors (Lipinski definition) is 0. The Morgan fingerprint density at radius 2 is 1.90 bits per heavy atom. The molecule has 6 heteroatoms. The third-order valence-electron chi connectivity index (χ3n) is 2.59. The molecular weight excluding hydrogens is 362 g/mol. The van der Waals surface area contributed by atoms with Gasteiger partial charge in [-0.1, -0.05) is 51.8 Å². The molecule has 1 fully saturated rings. The van der Waals surface area contributed by atoms with E-state index in [-0.39, 0.29) is 11.1 Å². The molecule has 0 saturated carbocycles. The van der Waals surface area contributed by atoms with Crippen LogP contribution in [0.25, 0.3) is 6.08 Å². The summed E-state index contributed by atoms with van der Waals surface area (Å²) in [6, 6.07) is 7.11. The largest absolute Gasteiger partial charge is 0.293 e.